The van der Waals surface area contributed by atoms with Crippen LogP contribution in [0, 0.1) is 6.92 Å². The normalized spacial score (nSPS) is 10.4. The van der Waals surface area contributed by atoms with E-state index in [-0.39, 0.29) is 12.6 Å². The highest BCUT2D eigenvalue weighted by Crippen LogP contribution is 2.16. The fraction of sp³-hybridized carbons (Fsp3) is 0.167. The van der Waals surface area contributed by atoms with Gasteiger partial charge in [0.15, 0.2) is 6.73 Å². The van der Waals surface area contributed by atoms with Crippen molar-refractivity contribution in [2.45, 2.75) is 20.2 Å². The van der Waals surface area contributed by atoms with E-state index in [1.165, 1.54) is 0 Å². The van der Waals surface area contributed by atoms with Gasteiger partial charge in [0, 0.05) is 25.1 Å². The molecule has 3 rings (SSSR count). The van der Waals surface area contributed by atoms with E-state index in [9.17, 15) is 4.79 Å². The zero-order valence-corrected chi connectivity index (χ0v) is 13.3. The molecule has 1 aromatic carbocycles. The largest absolute Gasteiger partial charge is 0.471 e. The number of benzene rings is 1. The van der Waals surface area contributed by atoms with Crippen molar-refractivity contribution in [3.63, 3.8) is 0 Å². The second kappa shape index (κ2) is 7.41. The maximum Gasteiger partial charge on any atom is 0.272 e. The van der Waals surface area contributed by atoms with E-state index in [0.29, 0.717) is 12.2 Å². The first-order valence-electron chi connectivity index (χ1n) is 7.61. The highest BCUT2D eigenvalue weighted by molar-refractivity contribution is 5.92. The Balaban J connectivity index is 1.55. The molecule has 0 saturated heterocycles. The van der Waals surface area contributed by atoms with Gasteiger partial charge in [-0.1, -0.05) is 24.3 Å². The molecule has 0 saturated carbocycles. The molecule has 6 nitrogen and oxygen atoms in total. The monoisotopic (exact) mass is 322 g/mol. The van der Waals surface area contributed by atoms with E-state index < -0.39 is 0 Å². The van der Waals surface area contributed by atoms with Gasteiger partial charge in [-0.3, -0.25) is 9.78 Å². The zero-order valence-electron chi connectivity index (χ0n) is 13.3. The number of para-hydroxylation sites is 1. The molecule has 0 fully saturated rings. The van der Waals surface area contributed by atoms with Crippen molar-refractivity contribution in [2.24, 2.45) is 0 Å². The van der Waals surface area contributed by atoms with Crippen LogP contribution in [0.5, 0.6) is 5.75 Å². The first-order chi connectivity index (χ1) is 11.7. The maximum absolute atomic E-state index is 12.1. The van der Waals surface area contributed by atoms with Gasteiger partial charge in [0.05, 0.1) is 0 Å². The predicted octanol–water partition coefficient (Wildman–Crippen LogP) is 2.55. The molecule has 2 aromatic heterocycles. The number of ether oxygens (including phenoxy) is 1. The fourth-order valence-electron chi connectivity index (χ4n) is 2.18. The van der Waals surface area contributed by atoms with Crippen molar-refractivity contribution >= 4 is 5.91 Å². The molecular weight excluding hydrogens is 304 g/mol. The molecular formula is C18H18N4O2. The molecule has 0 aliphatic rings. The molecule has 6 heteroatoms. The maximum atomic E-state index is 12.1. The molecule has 24 heavy (non-hydrogen) atoms. The standard InChI is InChI=1S/C18H18N4O2/c1-14-5-2-3-7-17(14)24-13-22-10-8-16(21-22)18(23)20-12-15-6-4-9-19-11-15/h2-11H,12-13H2,1H3,(H,20,23). The van der Waals surface area contributed by atoms with Gasteiger partial charge in [0.2, 0.25) is 0 Å². The number of nitrogens with zero attached hydrogens (tertiary/aromatic N) is 3. The SMILES string of the molecule is Cc1ccccc1OCn1ccc(C(=O)NCc2cccnc2)n1. The average molecular weight is 322 g/mol. The van der Waals surface area contributed by atoms with Gasteiger partial charge >= 0.3 is 0 Å². The molecule has 0 atom stereocenters. The van der Waals surface area contributed by atoms with Gasteiger partial charge in [0.25, 0.3) is 5.91 Å². The lowest BCUT2D eigenvalue weighted by Gasteiger charge is -2.08. The Bertz CT molecular complexity index is 815. The summed E-state index contributed by atoms with van der Waals surface area (Å²) in [6, 6.07) is 13.2. The number of rotatable bonds is 6. The molecule has 0 aliphatic heterocycles. The minimum absolute atomic E-state index is 0.228. The van der Waals surface area contributed by atoms with E-state index in [1.807, 2.05) is 43.3 Å². The van der Waals surface area contributed by atoms with Crippen LogP contribution in [0.25, 0.3) is 0 Å². The Labute approximate surface area is 140 Å². The van der Waals surface area contributed by atoms with Crippen molar-refractivity contribution in [1.82, 2.24) is 20.1 Å². The molecule has 3 aromatic rings. The lowest BCUT2D eigenvalue weighted by molar-refractivity contribution is 0.0944. The summed E-state index contributed by atoms with van der Waals surface area (Å²) in [7, 11) is 0. The van der Waals surface area contributed by atoms with Gasteiger partial charge in [-0.15, -0.1) is 0 Å². The number of aromatic nitrogens is 3. The van der Waals surface area contributed by atoms with Gasteiger partial charge in [0.1, 0.15) is 11.4 Å². The molecule has 122 valence electrons. The van der Waals surface area contributed by atoms with E-state index >= 15 is 0 Å². The number of carbonyl (C=O) groups is 1. The van der Waals surface area contributed by atoms with Crippen molar-refractivity contribution in [2.75, 3.05) is 0 Å². The minimum Gasteiger partial charge on any atom is -0.471 e. The van der Waals surface area contributed by atoms with E-state index in [4.69, 9.17) is 4.74 Å². The summed E-state index contributed by atoms with van der Waals surface area (Å²) in [5.74, 6) is 0.573. The number of pyridine rings is 1. The Hall–Kier alpha value is -3.15. The quantitative estimate of drug-likeness (QED) is 0.757. The fourth-order valence-corrected chi connectivity index (χ4v) is 2.18. The molecule has 0 aliphatic carbocycles. The van der Waals surface area contributed by atoms with E-state index in [1.54, 1.807) is 29.3 Å². The lowest BCUT2D eigenvalue weighted by Crippen LogP contribution is -2.23. The third-order valence-corrected chi connectivity index (χ3v) is 3.50. The summed E-state index contributed by atoms with van der Waals surface area (Å²) >= 11 is 0. The summed E-state index contributed by atoms with van der Waals surface area (Å²) in [5.41, 5.74) is 2.35. The van der Waals surface area contributed by atoms with Crippen LogP contribution in [-0.2, 0) is 13.3 Å². The van der Waals surface area contributed by atoms with Crippen LogP contribution in [0.15, 0.2) is 61.1 Å². The Morgan fingerprint density at radius 1 is 1.21 bits per heavy atom. The van der Waals surface area contributed by atoms with Crippen molar-refractivity contribution in [3.05, 3.63) is 77.9 Å². The molecule has 2 heterocycles. The van der Waals surface area contributed by atoms with Gasteiger partial charge in [-0.2, -0.15) is 5.10 Å². The highest BCUT2D eigenvalue weighted by Gasteiger charge is 2.09. The first-order valence-corrected chi connectivity index (χ1v) is 7.61. The van der Waals surface area contributed by atoms with Crippen LogP contribution < -0.4 is 10.1 Å². The Morgan fingerprint density at radius 2 is 2.08 bits per heavy atom. The number of amides is 1. The summed E-state index contributed by atoms with van der Waals surface area (Å²) in [4.78, 5) is 16.1. The number of carbonyl (C=O) groups excluding carboxylic acids is 1. The number of nitrogens with one attached hydrogen (secondary N) is 1. The molecule has 0 unspecified atom stereocenters. The zero-order chi connectivity index (χ0) is 16.8. The van der Waals surface area contributed by atoms with Crippen LogP contribution in [0.4, 0.5) is 0 Å². The number of hydrogen-bond donors (Lipinski definition) is 1. The smallest absolute Gasteiger partial charge is 0.272 e. The van der Waals surface area contributed by atoms with Crippen molar-refractivity contribution in [1.29, 1.82) is 0 Å². The molecule has 0 spiro atoms. The van der Waals surface area contributed by atoms with Gasteiger partial charge < -0.3 is 10.1 Å². The van der Waals surface area contributed by atoms with Crippen LogP contribution >= 0.6 is 0 Å². The second-order valence-electron chi connectivity index (χ2n) is 5.32. The molecule has 0 radical (unpaired) electrons. The molecule has 1 amide bonds. The van der Waals surface area contributed by atoms with Gasteiger partial charge in [-0.25, -0.2) is 4.68 Å². The third-order valence-electron chi connectivity index (χ3n) is 3.50. The average Bonchev–Trinajstić information content (AvgIpc) is 3.09. The van der Waals surface area contributed by atoms with Crippen molar-refractivity contribution in [3.8, 4) is 5.75 Å². The minimum atomic E-state index is -0.228. The Morgan fingerprint density at radius 3 is 2.88 bits per heavy atom. The highest BCUT2D eigenvalue weighted by atomic mass is 16.5. The summed E-state index contributed by atoms with van der Waals surface area (Å²) in [6.07, 6.45) is 5.13. The summed E-state index contributed by atoms with van der Waals surface area (Å²) < 4.78 is 7.29. The summed E-state index contributed by atoms with van der Waals surface area (Å²) in [5, 5.41) is 7.05. The van der Waals surface area contributed by atoms with Crippen LogP contribution in [-0.4, -0.2) is 20.7 Å². The first kappa shape index (κ1) is 15.7. The molecule has 0 bridgehead atoms. The Kier molecular flexibility index (Phi) is 4.86. The van der Waals surface area contributed by atoms with Crippen LogP contribution in [0.2, 0.25) is 0 Å². The second-order valence-corrected chi connectivity index (χ2v) is 5.32. The predicted molar refractivity (Wildman–Crippen MR) is 89.4 cm³/mol. The topological polar surface area (TPSA) is 69.0 Å². The van der Waals surface area contributed by atoms with Crippen LogP contribution in [0.3, 0.4) is 0 Å². The lowest BCUT2D eigenvalue weighted by atomic mass is 10.2. The van der Waals surface area contributed by atoms with Crippen molar-refractivity contribution < 1.29 is 9.53 Å². The molecule has 1 N–H and O–H groups in total. The number of aryl methyl sites for hydroxylation is 1. The van der Waals surface area contributed by atoms with E-state index in [2.05, 4.69) is 15.4 Å². The van der Waals surface area contributed by atoms with Crippen LogP contribution in [0.1, 0.15) is 21.6 Å². The third kappa shape index (κ3) is 3.98. The van der Waals surface area contributed by atoms with Gasteiger partial charge in [-0.05, 0) is 36.2 Å². The number of hydrogen-bond acceptors (Lipinski definition) is 4. The van der Waals surface area contributed by atoms with E-state index in [0.717, 1.165) is 16.9 Å². The summed E-state index contributed by atoms with van der Waals surface area (Å²) in [6.45, 7) is 2.65.